The number of amides is 2. The van der Waals surface area contributed by atoms with Gasteiger partial charge in [-0.05, 0) is 24.7 Å². The molecule has 2 rings (SSSR count). The summed E-state index contributed by atoms with van der Waals surface area (Å²) in [7, 11) is 0. The number of hydrogen-bond acceptors (Lipinski definition) is 3. The third-order valence-electron chi connectivity index (χ3n) is 4.34. The molecule has 2 amide bonds. The minimum Gasteiger partial charge on any atom is -0.370 e. The summed E-state index contributed by atoms with van der Waals surface area (Å²) in [6.07, 6.45) is 6.16. The van der Waals surface area contributed by atoms with E-state index in [2.05, 4.69) is 0 Å². The average molecular weight is 253 g/mol. The first-order valence-electron chi connectivity index (χ1n) is 6.90. The highest BCUT2D eigenvalue weighted by molar-refractivity contribution is 5.87. The number of rotatable bonds is 3. The van der Waals surface area contributed by atoms with E-state index < -0.39 is 11.9 Å². The van der Waals surface area contributed by atoms with Crippen molar-refractivity contribution in [3.05, 3.63) is 0 Å². The molecule has 1 saturated heterocycles. The first-order chi connectivity index (χ1) is 8.58. The maximum absolute atomic E-state index is 12.1. The van der Waals surface area contributed by atoms with Crippen LogP contribution in [0.25, 0.3) is 0 Å². The number of primary amides is 1. The summed E-state index contributed by atoms with van der Waals surface area (Å²) >= 11 is 0. The van der Waals surface area contributed by atoms with Gasteiger partial charge in [0.05, 0.1) is 12.5 Å². The zero-order valence-electron chi connectivity index (χ0n) is 10.8. The Bertz CT molecular complexity index is 332. The number of hydrogen-bond donors (Lipinski definition) is 2. The van der Waals surface area contributed by atoms with Gasteiger partial charge in [0.2, 0.25) is 11.8 Å². The van der Waals surface area contributed by atoms with E-state index in [9.17, 15) is 9.59 Å². The van der Waals surface area contributed by atoms with E-state index in [0.717, 1.165) is 25.4 Å². The van der Waals surface area contributed by atoms with Crippen LogP contribution in [0.4, 0.5) is 0 Å². The van der Waals surface area contributed by atoms with Crippen molar-refractivity contribution < 1.29 is 9.59 Å². The summed E-state index contributed by atoms with van der Waals surface area (Å²) in [5, 5.41) is 0. The summed E-state index contributed by atoms with van der Waals surface area (Å²) in [6, 6.07) is -0.761. The summed E-state index contributed by atoms with van der Waals surface area (Å²) in [4.78, 5) is 24.7. The molecule has 0 spiro atoms. The van der Waals surface area contributed by atoms with Gasteiger partial charge in [0.15, 0.2) is 0 Å². The van der Waals surface area contributed by atoms with Gasteiger partial charge >= 0.3 is 0 Å². The van der Waals surface area contributed by atoms with Crippen molar-refractivity contribution in [2.75, 3.05) is 13.1 Å². The van der Waals surface area contributed by atoms with E-state index >= 15 is 0 Å². The SMILES string of the molecule is NC(=O)CC(N)C(=O)N1CCC2CCCCC2C1. The summed E-state index contributed by atoms with van der Waals surface area (Å²) < 4.78 is 0. The molecule has 1 aliphatic heterocycles. The number of carbonyl (C=O) groups is 2. The lowest BCUT2D eigenvalue weighted by Crippen LogP contribution is -2.51. The zero-order valence-corrected chi connectivity index (χ0v) is 10.8. The molecule has 1 heterocycles. The minimum atomic E-state index is -0.761. The standard InChI is InChI=1S/C13H23N3O2/c14-11(7-12(15)17)13(18)16-6-5-9-3-1-2-4-10(9)8-16/h9-11H,1-8,14H2,(H2,15,17). The van der Waals surface area contributed by atoms with Crippen LogP contribution in [0.2, 0.25) is 0 Å². The molecule has 3 atom stereocenters. The highest BCUT2D eigenvalue weighted by Gasteiger charge is 2.34. The molecule has 4 N–H and O–H groups in total. The molecule has 0 aromatic heterocycles. The number of fused-ring (bicyclic) bond motifs is 1. The molecule has 1 aliphatic carbocycles. The number of nitrogens with zero attached hydrogens (tertiary/aromatic N) is 1. The van der Waals surface area contributed by atoms with E-state index in [1.807, 2.05) is 4.90 Å². The molecule has 18 heavy (non-hydrogen) atoms. The highest BCUT2D eigenvalue weighted by Crippen LogP contribution is 2.36. The monoisotopic (exact) mass is 253 g/mol. The Hall–Kier alpha value is -1.10. The molecule has 0 bridgehead atoms. The van der Waals surface area contributed by atoms with Crippen molar-refractivity contribution in [1.82, 2.24) is 4.90 Å². The molecule has 102 valence electrons. The van der Waals surface area contributed by atoms with Crippen molar-refractivity contribution >= 4 is 11.8 Å². The lowest BCUT2D eigenvalue weighted by Gasteiger charge is -2.41. The molecule has 5 nitrogen and oxygen atoms in total. The van der Waals surface area contributed by atoms with Gasteiger partial charge in [-0.15, -0.1) is 0 Å². The lowest BCUT2D eigenvalue weighted by atomic mass is 9.75. The first kappa shape index (κ1) is 13.3. The quantitative estimate of drug-likeness (QED) is 0.754. The fourth-order valence-corrected chi connectivity index (χ4v) is 3.34. The van der Waals surface area contributed by atoms with E-state index in [4.69, 9.17) is 11.5 Å². The molecule has 0 aromatic carbocycles. The van der Waals surface area contributed by atoms with Crippen LogP contribution in [-0.2, 0) is 9.59 Å². The number of nitrogens with two attached hydrogens (primary N) is 2. The first-order valence-corrected chi connectivity index (χ1v) is 6.90. The van der Waals surface area contributed by atoms with Gasteiger partial charge in [-0.2, -0.15) is 0 Å². The predicted octanol–water partition coefficient (Wildman–Crippen LogP) is 0.228. The summed E-state index contributed by atoms with van der Waals surface area (Å²) in [5.74, 6) is 0.800. The smallest absolute Gasteiger partial charge is 0.240 e. The second kappa shape index (κ2) is 5.69. The van der Waals surface area contributed by atoms with Gasteiger partial charge in [-0.3, -0.25) is 9.59 Å². The van der Waals surface area contributed by atoms with Gasteiger partial charge < -0.3 is 16.4 Å². The van der Waals surface area contributed by atoms with Crippen LogP contribution in [0, 0.1) is 11.8 Å². The molecule has 2 aliphatic rings. The molecule has 0 radical (unpaired) electrons. The number of carbonyl (C=O) groups excluding carboxylic acids is 2. The summed E-state index contributed by atoms with van der Waals surface area (Å²) in [6.45, 7) is 1.60. The Morgan fingerprint density at radius 2 is 1.83 bits per heavy atom. The van der Waals surface area contributed by atoms with Crippen LogP contribution in [0.15, 0.2) is 0 Å². The zero-order chi connectivity index (χ0) is 13.1. The van der Waals surface area contributed by atoms with Gasteiger partial charge in [-0.25, -0.2) is 0 Å². The van der Waals surface area contributed by atoms with Crippen LogP contribution in [0.1, 0.15) is 38.5 Å². The van der Waals surface area contributed by atoms with Crippen molar-refractivity contribution in [2.45, 2.75) is 44.6 Å². The predicted molar refractivity (Wildman–Crippen MR) is 68.4 cm³/mol. The Kier molecular flexibility index (Phi) is 4.22. The van der Waals surface area contributed by atoms with Crippen LogP contribution in [-0.4, -0.2) is 35.8 Å². The van der Waals surface area contributed by atoms with Gasteiger partial charge in [0.25, 0.3) is 0 Å². The molecule has 5 heteroatoms. The Morgan fingerprint density at radius 1 is 1.17 bits per heavy atom. The third-order valence-corrected chi connectivity index (χ3v) is 4.34. The van der Waals surface area contributed by atoms with Gasteiger partial charge in [0, 0.05) is 13.1 Å². The Morgan fingerprint density at radius 3 is 2.50 bits per heavy atom. The molecule has 2 fully saturated rings. The number of likely N-dealkylation sites (tertiary alicyclic amines) is 1. The van der Waals surface area contributed by atoms with E-state index in [-0.39, 0.29) is 12.3 Å². The van der Waals surface area contributed by atoms with Gasteiger partial charge in [0.1, 0.15) is 0 Å². The normalized spacial score (nSPS) is 29.5. The number of piperidine rings is 1. The van der Waals surface area contributed by atoms with E-state index in [0.29, 0.717) is 5.92 Å². The van der Waals surface area contributed by atoms with Crippen molar-refractivity contribution in [2.24, 2.45) is 23.3 Å². The maximum Gasteiger partial charge on any atom is 0.240 e. The lowest BCUT2D eigenvalue weighted by molar-refractivity contribution is -0.137. The largest absolute Gasteiger partial charge is 0.370 e. The summed E-state index contributed by atoms with van der Waals surface area (Å²) in [5.41, 5.74) is 10.8. The molecule has 0 aromatic rings. The highest BCUT2D eigenvalue weighted by atomic mass is 16.2. The molecular weight excluding hydrogens is 230 g/mol. The second-order valence-electron chi connectivity index (χ2n) is 5.65. The van der Waals surface area contributed by atoms with Crippen LogP contribution < -0.4 is 11.5 Å². The third kappa shape index (κ3) is 3.02. The second-order valence-corrected chi connectivity index (χ2v) is 5.65. The van der Waals surface area contributed by atoms with Crippen molar-refractivity contribution in [3.63, 3.8) is 0 Å². The van der Waals surface area contributed by atoms with E-state index in [1.54, 1.807) is 0 Å². The Labute approximate surface area is 108 Å². The van der Waals surface area contributed by atoms with Crippen LogP contribution >= 0.6 is 0 Å². The van der Waals surface area contributed by atoms with Crippen molar-refractivity contribution in [1.29, 1.82) is 0 Å². The van der Waals surface area contributed by atoms with Crippen LogP contribution in [0.5, 0.6) is 0 Å². The maximum atomic E-state index is 12.1. The van der Waals surface area contributed by atoms with Gasteiger partial charge in [-0.1, -0.05) is 19.3 Å². The Balaban J connectivity index is 1.89. The topological polar surface area (TPSA) is 89.4 Å². The fraction of sp³-hybridized carbons (Fsp3) is 0.846. The molecule has 3 unspecified atom stereocenters. The van der Waals surface area contributed by atoms with Crippen LogP contribution in [0.3, 0.4) is 0 Å². The van der Waals surface area contributed by atoms with E-state index in [1.165, 1.54) is 25.7 Å². The molecule has 1 saturated carbocycles. The molecular formula is C13H23N3O2. The minimum absolute atomic E-state index is 0.0522. The fourth-order valence-electron chi connectivity index (χ4n) is 3.34. The average Bonchev–Trinajstić information content (AvgIpc) is 2.36. The van der Waals surface area contributed by atoms with Crippen molar-refractivity contribution in [3.8, 4) is 0 Å².